The summed E-state index contributed by atoms with van der Waals surface area (Å²) in [6.07, 6.45) is 4.86. The van der Waals surface area contributed by atoms with Crippen molar-refractivity contribution in [2.24, 2.45) is 0 Å². The van der Waals surface area contributed by atoms with Crippen molar-refractivity contribution in [1.82, 2.24) is 14.8 Å². The van der Waals surface area contributed by atoms with Gasteiger partial charge in [-0.25, -0.2) is 0 Å². The molecule has 5 heteroatoms. The summed E-state index contributed by atoms with van der Waals surface area (Å²) < 4.78 is 3.47. The zero-order valence-corrected chi connectivity index (χ0v) is 13.1. The van der Waals surface area contributed by atoms with Gasteiger partial charge in [-0.2, -0.15) is 0 Å². The second-order valence-corrected chi connectivity index (χ2v) is 6.54. The summed E-state index contributed by atoms with van der Waals surface area (Å²) in [4.78, 5) is 0. The van der Waals surface area contributed by atoms with E-state index in [-0.39, 0.29) is 0 Å². The van der Waals surface area contributed by atoms with E-state index in [2.05, 4.69) is 48.9 Å². The summed E-state index contributed by atoms with van der Waals surface area (Å²) in [5, 5.41) is 9.74. The molecule has 0 saturated heterocycles. The molecule has 0 radical (unpaired) electrons. The lowest BCUT2D eigenvalue weighted by Crippen LogP contribution is -2.02. The Labute approximate surface area is 125 Å². The molecule has 1 aliphatic rings. The van der Waals surface area contributed by atoms with Crippen molar-refractivity contribution in [3.05, 3.63) is 40.1 Å². The molecule has 19 heavy (non-hydrogen) atoms. The molecular formula is C14H16BrN3S. The molecule has 3 rings (SSSR count). The average molecular weight is 338 g/mol. The first-order valence-electron chi connectivity index (χ1n) is 6.63. The maximum Gasteiger partial charge on any atom is 0.191 e. The minimum Gasteiger partial charge on any atom is -0.306 e. The predicted octanol–water partition coefficient (Wildman–Crippen LogP) is 4.06. The summed E-state index contributed by atoms with van der Waals surface area (Å²) in [7, 11) is 0. The van der Waals surface area contributed by atoms with Crippen molar-refractivity contribution in [2.45, 2.75) is 43.1 Å². The summed E-state index contributed by atoms with van der Waals surface area (Å²) in [6, 6.07) is 8.35. The van der Waals surface area contributed by atoms with Crippen LogP contribution in [-0.4, -0.2) is 14.8 Å². The first-order valence-corrected chi connectivity index (χ1v) is 8.41. The minimum atomic E-state index is 0.930. The van der Waals surface area contributed by atoms with E-state index >= 15 is 0 Å². The molecule has 2 heterocycles. The van der Waals surface area contributed by atoms with Crippen molar-refractivity contribution in [2.75, 3.05) is 0 Å². The van der Waals surface area contributed by atoms with Crippen LogP contribution < -0.4 is 0 Å². The Morgan fingerprint density at radius 1 is 1.16 bits per heavy atom. The van der Waals surface area contributed by atoms with Gasteiger partial charge in [-0.3, -0.25) is 0 Å². The third-order valence-corrected chi connectivity index (χ3v) is 5.18. The molecule has 0 N–H and O–H groups in total. The van der Waals surface area contributed by atoms with Crippen LogP contribution in [0.1, 0.15) is 30.7 Å². The van der Waals surface area contributed by atoms with Crippen molar-refractivity contribution < 1.29 is 0 Å². The Morgan fingerprint density at radius 2 is 2.05 bits per heavy atom. The highest BCUT2D eigenvalue weighted by Gasteiger charge is 2.15. The van der Waals surface area contributed by atoms with Crippen LogP contribution in [0.4, 0.5) is 0 Å². The standard InChI is InChI=1S/C14H16BrN3S/c15-12-7-4-3-6-11(12)10-19-14-17-16-13-8-2-1-5-9-18(13)14/h3-4,6-7H,1-2,5,8-10H2. The van der Waals surface area contributed by atoms with E-state index in [1.165, 1.54) is 24.8 Å². The fraction of sp³-hybridized carbons (Fsp3) is 0.429. The summed E-state index contributed by atoms with van der Waals surface area (Å²) in [6.45, 7) is 1.07. The average Bonchev–Trinajstić information content (AvgIpc) is 2.66. The van der Waals surface area contributed by atoms with Gasteiger partial charge < -0.3 is 4.57 Å². The number of rotatable bonds is 3. The summed E-state index contributed by atoms with van der Waals surface area (Å²) in [5.41, 5.74) is 1.30. The molecule has 0 atom stereocenters. The van der Waals surface area contributed by atoms with E-state index in [1.54, 1.807) is 11.8 Å². The van der Waals surface area contributed by atoms with Crippen molar-refractivity contribution in [1.29, 1.82) is 0 Å². The number of halogens is 1. The molecule has 0 spiro atoms. The predicted molar refractivity (Wildman–Crippen MR) is 81.3 cm³/mol. The normalized spacial score (nSPS) is 15.0. The highest BCUT2D eigenvalue weighted by Crippen LogP contribution is 2.27. The molecule has 0 fully saturated rings. The van der Waals surface area contributed by atoms with Gasteiger partial charge >= 0.3 is 0 Å². The van der Waals surface area contributed by atoms with E-state index in [0.29, 0.717) is 0 Å². The lowest BCUT2D eigenvalue weighted by atomic mass is 10.2. The quantitative estimate of drug-likeness (QED) is 0.791. The van der Waals surface area contributed by atoms with Gasteiger partial charge in [0.1, 0.15) is 5.82 Å². The highest BCUT2D eigenvalue weighted by molar-refractivity contribution is 9.10. The second kappa shape index (κ2) is 6.09. The lowest BCUT2D eigenvalue weighted by Gasteiger charge is -2.07. The largest absolute Gasteiger partial charge is 0.306 e. The minimum absolute atomic E-state index is 0.930. The number of nitrogens with zero attached hydrogens (tertiary/aromatic N) is 3. The summed E-state index contributed by atoms with van der Waals surface area (Å²) >= 11 is 5.37. The molecule has 2 aromatic rings. The third-order valence-electron chi connectivity index (χ3n) is 3.39. The van der Waals surface area contributed by atoms with Crippen LogP contribution in [-0.2, 0) is 18.7 Å². The van der Waals surface area contributed by atoms with Crippen molar-refractivity contribution in [3.8, 4) is 0 Å². The van der Waals surface area contributed by atoms with Gasteiger partial charge in [0.25, 0.3) is 0 Å². The maximum absolute atomic E-state index is 4.34. The lowest BCUT2D eigenvalue weighted by molar-refractivity contribution is 0.591. The van der Waals surface area contributed by atoms with E-state index in [4.69, 9.17) is 0 Å². The van der Waals surface area contributed by atoms with E-state index in [9.17, 15) is 0 Å². The molecule has 100 valence electrons. The van der Waals surface area contributed by atoms with Gasteiger partial charge in [-0.05, 0) is 24.5 Å². The Hall–Kier alpha value is -0.810. The van der Waals surface area contributed by atoms with Crippen LogP contribution >= 0.6 is 27.7 Å². The number of benzene rings is 1. The van der Waals surface area contributed by atoms with Crippen molar-refractivity contribution >= 4 is 27.7 Å². The fourth-order valence-electron chi connectivity index (χ4n) is 2.32. The molecule has 1 aromatic heterocycles. The molecule has 0 aliphatic carbocycles. The van der Waals surface area contributed by atoms with Crippen molar-refractivity contribution in [3.63, 3.8) is 0 Å². The number of aromatic nitrogens is 3. The number of thioether (sulfide) groups is 1. The molecule has 0 amide bonds. The van der Waals surface area contributed by atoms with Gasteiger partial charge in [0.2, 0.25) is 0 Å². The van der Waals surface area contributed by atoms with Crippen LogP contribution in [0, 0.1) is 0 Å². The first kappa shape index (κ1) is 13.2. The van der Waals surface area contributed by atoms with Crippen LogP contribution in [0.15, 0.2) is 33.9 Å². The maximum atomic E-state index is 4.34. The van der Waals surface area contributed by atoms with E-state index in [1.807, 2.05) is 6.07 Å². The first-order chi connectivity index (χ1) is 9.34. The summed E-state index contributed by atoms with van der Waals surface area (Å²) in [5.74, 6) is 2.09. The number of hydrogen-bond acceptors (Lipinski definition) is 3. The number of fused-ring (bicyclic) bond motifs is 1. The Bertz CT molecular complexity index is 568. The molecule has 3 nitrogen and oxygen atoms in total. The Balaban J connectivity index is 1.74. The fourth-order valence-corrected chi connectivity index (χ4v) is 3.92. The van der Waals surface area contributed by atoms with Crippen LogP contribution in [0.3, 0.4) is 0 Å². The molecular weight excluding hydrogens is 322 g/mol. The van der Waals surface area contributed by atoms with E-state index < -0.39 is 0 Å². The van der Waals surface area contributed by atoms with Gasteiger partial charge in [0.05, 0.1) is 0 Å². The van der Waals surface area contributed by atoms with Gasteiger partial charge in [0.15, 0.2) is 5.16 Å². The van der Waals surface area contributed by atoms with E-state index in [0.717, 1.165) is 34.2 Å². The number of aryl methyl sites for hydroxylation is 1. The van der Waals surface area contributed by atoms with Gasteiger partial charge in [-0.15, -0.1) is 10.2 Å². The highest BCUT2D eigenvalue weighted by atomic mass is 79.9. The SMILES string of the molecule is Brc1ccccc1CSc1nnc2n1CCCCC2. The number of hydrogen-bond donors (Lipinski definition) is 0. The monoisotopic (exact) mass is 337 g/mol. The third kappa shape index (κ3) is 3.03. The van der Waals surface area contributed by atoms with Gasteiger partial charge in [-0.1, -0.05) is 52.3 Å². The second-order valence-electron chi connectivity index (χ2n) is 4.74. The van der Waals surface area contributed by atoms with Crippen LogP contribution in [0.5, 0.6) is 0 Å². The van der Waals surface area contributed by atoms with Crippen LogP contribution in [0.2, 0.25) is 0 Å². The molecule has 0 saturated carbocycles. The molecule has 1 aromatic carbocycles. The zero-order chi connectivity index (χ0) is 13.1. The van der Waals surface area contributed by atoms with Gasteiger partial charge in [0, 0.05) is 23.2 Å². The molecule has 1 aliphatic heterocycles. The molecule has 0 bridgehead atoms. The Morgan fingerprint density at radius 3 is 2.95 bits per heavy atom. The zero-order valence-electron chi connectivity index (χ0n) is 10.7. The van der Waals surface area contributed by atoms with Crippen LogP contribution in [0.25, 0.3) is 0 Å². The Kier molecular flexibility index (Phi) is 4.23. The topological polar surface area (TPSA) is 30.7 Å². The molecule has 0 unspecified atom stereocenters. The smallest absolute Gasteiger partial charge is 0.191 e.